The summed E-state index contributed by atoms with van der Waals surface area (Å²) in [6.45, 7) is -0.0215. The molecular formula is C25H20ClF3N4O4. The minimum atomic E-state index is -1.07. The Morgan fingerprint density at radius 2 is 1.95 bits per heavy atom. The molecule has 12 heteroatoms. The number of aliphatic hydroxyl groups excluding tert-OH is 1. The maximum atomic E-state index is 15.0. The van der Waals surface area contributed by atoms with Crippen molar-refractivity contribution in [3.63, 3.8) is 0 Å². The number of pyridine rings is 2. The van der Waals surface area contributed by atoms with E-state index in [2.05, 4.69) is 10.3 Å². The van der Waals surface area contributed by atoms with E-state index in [0.717, 1.165) is 16.8 Å². The van der Waals surface area contributed by atoms with Gasteiger partial charge in [-0.15, -0.1) is 0 Å². The fraction of sp³-hybridized carbons (Fsp3) is 0.360. The third-order valence-electron chi connectivity index (χ3n) is 7.47. The van der Waals surface area contributed by atoms with E-state index in [0.29, 0.717) is 18.9 Å². The molecule has 4 fully saturated rings. The van der Waals surface area contributed by atoms with Crippen LogP contribution in [0.5, 0.6) is 0 Å². The first kappa shape index (κ1) is 23.9. The lowest BCUT2D eigenvalue weighted by atomic mass is 9.77. The molecule has 8 nitrogen and oxygen atoms in total. The van der Waals surface area contributed by atoms with Crippen molar-refractivity contribution < 1.29 is 27.9 Å². The highest BCUT2D eigenvalue weighted by Crippen LogP contribution is 2.53. The number of hydrogen-bond donors (Lipinski definition) is 2. The number of halogens is 4. The Balaban J connectivity index is 1.52. The van der Waals surface area contributed by atoms with Gasteiger partial charge in [-0.1, -0.05) is 11.6 Å². The van der Waals surface area contributed by atoms with Crippen LogP contribution < -0.4 is 15.6 Å². The zero-order valence-corrected chi connectivity index (χ0v) is 19.9. The van der Waals surface area contributed by atoms with Gasteiger partial charge in [0, 0.05) is 24.2 Å². The molecule has 2 atom stereocenters. The van der Waals surface area contributed by atoms with Crippen LogP contribution in [0.4, 0.5) is 19.0 Å². The second-order valence-electron chi connectivity index (χ2n) is 9.99. The number of nitrogens with one attached hydrogen (secondary N) is 1. The van der Waals surface area contributed by atoms with Crippen LogP contribution in [0.15, 0.2) is 35.3 Å². The molecule has 0 unspecified atom stereocenters. The molecule has 4 aliphatic rings. The number of fused-ring (bicyclic) bond motifs is 2. The van der Waals surface area contributed by atoms with Crippen LogP contribution in [0.2, 0.25) is 5.02 Å². The lowest BCUT2D eigenvalue weighted by molar-refractivity contribution is -0.117. The van der Waals surface area contributed by atoms with Crippen LogP contribution in [-0.2, 0) is 4.79 Å². The summed E-state index contributed by atoms with van der Waals surface area (Å²) >= 11 is 6.19. The summed E-state index contributed by atoms with van der Waals surface area (Å²) in [5.74, 6) is -3.17. The quantitative estimate of drug-likeness (QED) is 0.537. The molecule has 37 heavy (non-hydrogen) atoms. The Labute approximate surface area is 212 Å². The van der Waals surface area contributed by atoms with Crippen LogP contribution in [-0.4, -0.2) is 50.8 Å². The number of benzene rings is 1. The number of aliphatic hydroxyl groups is 1. The number of anilines is 1. The molecule has 192 valence electrons. The number of hydrogen-bond acceptors (Lipinski definition) is 5. The normalized spacial score (nSPS) is 26.6. The van der Waals surface area contributed by atoms with Crippen molar-refractivity contribution in [3.05, 3.63) is 62.9 Å². The summed E-state index contributed by atoms with van der Waals surface area (Å²) in [6.07, 6.45) is 0.147. The van der Waals surface area contributed by atoms with Crippen molar-refractivity contribution in [3.8, 4) is 5.69 Å². The van der Waals surface area contributed by atoms with Gasteiger partial charge in [0.2, 0.25) is 11.3 Å². The van der Waals surface area contributed by atoms with Gasteiger partial charge in [-0.05, 0) is 37.0 Å². The van der Waals surface area contributed by atoms with E-state index >= 15 is 4.39 Å². The Kier molecular flexibility index (Phi) is 5.36. The van der Waals surface area contributed by atoms with Gasteiger partial charge in [0.05, 0.1) is 29.5 Å². The van der Waals surface area contributed by atoms with Crippen molar-refractivity contribution >= 4 is 40.3 Å². The monoisotopic (exact) mass is 532 g/mol. The van der Waals surface area contributed by atoms with Crippen LogP contribution in [0.25, 0.3) is 16.7 Å². The van der Waals surface area contributed by atoms with Gasteiger partial charge < -0.3 is 10.4 Å². The number of β-amino-alcohol motifs (C(OH)–C–C–N with tert-alkyl or cyclic N) is 1. The predicted octanol–water partition coefficient (Wildman–Crippen LogP) is 3.04. The molecule has 1 saturated heterocycles. The Morgan fingerprint density at radius 1 is 1.19 bits per heavy atom. The first-order valence-corrected chi connectivity index (χ1v) is 12.1. The topological polar surface area (TPSA) is 105 Å². The fourth-order valence-corrected chi connectivity index (χ4v) is 6.00. The molecule has 7 rings (SSSR count). The SMILES string of the molecule is O=C(NC12CC(C1)[C@@H](F)C2)c1cn(-c2c(F)cc(F)cc2Cl)c2nc(N3C[C@@H](O)CC3=O)ccc2c1=O. The molecule has 3 heterocycles. The van der Waals surface area contributed by atoms with Crippen molar-refractivity contribution in [2.24, 2.45) is 5.92 Å². The maximum absolute atomic E-state index is 15.0. The van der Waals surface area contributed by atoms with Crippen LogP contribution in [0.1, 0.15) is 36.0 Å². The lowest BCUT2D eigenvalue weighted by Gasteiger charge is -2.38. The van der Waals surface area contributed by atoms with E-state index in [1.807, 2.05) is 0 Å². The van der Waals surface area contributed by atoms with Gasteiger partial charge in [-0.3, -0.25) is 23.9 Å². The molecule has 0 spiro atoms. The average Bonchev–Trinajstić information content (AvgIpc) is 3.41. The molecule has 2 aromatic heterocycles. The van der Waals surface area contributed by atoms with Gasteiger partial charge in [-0.2, -0.15) is 0 Å². The van der Waals surface area contributed by atoms with Crippen LogP contribution >= 0.6 is 11.6 Å². The number of amides is 2. The van der Waals surface area contributed by atoms with Crippen molar-refractivity contribution in [1.29, 1.82) is 0 Å². The number of aromatic nitrogens is 2. The van der Waals surface area contributed by atoms with Gasteiger partial charge in [0.15, 0.2) is 11.5 Å². The summed E-state index contributed by atoms with van der Waals surface area (Å²) in [7, 11) is 0. The third kappa shape index (κ3) is 3.79. The molecule has 2 amide bonds. The highest BCUT2D eigenvalue weighted by Gasteiger charge is 2.57. The summed E-state index contributed by atoms with van der Waals surface area (Å²) in [6, 6.07) is 4.20. The van der Waals surface area contributed by atoms with Gasteiger partial charge in [-0.25, -0.2) is 18.2 Å². The molecule has 2 bridgehead atoms. The molecule has 0 radical (unpaired) electrons. The largest absolute Gasteiger partial charge is 0.391 e. The molecule has 1 aliphatic heterocycles. The van der Waals surface area contributed by atoms with Gasteiger partial charge >= 0.3 is 0 Å². The second-order valence-corrected chi connectivity index (χ2v) is 10.4. The zero-order chi connectivity index (χ0) is 26.2. The number of carbonyl (C=O) groups excluding carboxylic acids is 2. The average molecular weight is 533 g/mol. The second kappa shape index (κ2) is 8.29. The molecule has 3 saturated carbocycles. The standard InChI is InChI=1S/C25H20ClF3N4O4/c26-16-3-12(27)4-17(28)21(16)33-10-15(24(37)31-25-6-11(7-25)18(29)8-25)22(36)14-1-2-19(30-23(14)33)32-9-13(34)5-20(32)35/h1-4,10-11,13,18,34H,5-9H2,(H,31,37)/t11?,13-,18-,25?/m0/s1. The predicted molar refractivity (Wildman–Crippen MR) is 128 cm³/mol. The minimum absolute atomic E-state index is 0.0215. The third-order valence-corrected chi connectivity index (χ3v) is 7.75. The number of nitrogens with zero attached hydrogens (tertiary/aromatic N) is 3. The van der Waals surface area contributed by atoms with E-state index < -0.39 is 46.7 Å². The summed E-state index contributed by atoms with van der Waals surface area (Å²) < 4.78 is 43.9. The maximum Gasteiger partial charge on any atom is 0.257 e. The number of rotatable bonds is 4. The Hall–Kier alpha value is -3.44. The molecule has 3 aliphatic carbocycles. The highest BCUT2D eigenvalue weighted by atomic mass is 35.5. The summed E-state index contributed by atoms with van der Waals surface area (Å²) in [5, 5.41) is 12.2. The van der Waals surface area contributed by atoms with E-state index in [1.54, 1.807) is 0 Å². The van der Waals surface area contributed by atoms with Crippen molar-refractivity contribution in [2.75, 3.05) is 11.4 Å². The molecule has 2 N–H and O–H groups in total. The van der Waals surface area contributed by atoms with Crippen molar-refractivity contribution in [2.45, 2.75) is 43.5 Å². The highest BCUT2D eigenvalue weighted by molar-refractivity contribution is 6.32. The minimum Gasteiger partial charge on any atom is -0.391 e. The van der Waals surface area contributed by atoms with Crippen LogP contribution in [0, 0.1) is 17.6 Å². The first-order chi connectivity index (χ1) is 17.5. The Morgan fingerprint density at radius 3 is 2.57 bits per heavy atom. The van der Waals surface area contributed by atoms with Crippen LogP contribution in [0.3, 0.4) is 0 Å². The Bertz CT molecular complexity index is 1530. The number of carbonyl (C=O) groups is 2. The molecule has 3 aromatic rings. The van der Waals surface area contributed by atoms with E-state index in [-0.39, 0.29) is 58.4 Å². The molecule has 1 aromatic carbocycles. The lowest BCUT2D eigenvalue weighted by Crippen LogP contribution is -2.52. The molecular weight excluding hydrogens is 513 g/mol. The first-order valence-electron chi connectivity index (χ1n) is 11.7. The zero-order valence-electron chi connectivity index (χ0n) is 19.2. The van der Waals surface area contributed by atoms with E-state index in [4.69, 9.17) is 11.6 Å². The fourth-order valence-electron chi connectivity index (χ4n) is 5.72. The summed E-state index contributed by atoms with van der Waals surface area (Å²) in [4.78, 5) is 44.5. The van der Waals surface area contributed by atoms with Gasteiger partial charge in [0.1, 0.15) is 29.1 Å². The smallest absolute Gasteiger partial charge is 0.257 e. The van der Waals surface area contributed by atoms with Crippen molar-refractivity contribution in [1.82, 2.24) is 14.9 Å². The van der Waals surface area contributed by atoms with E-state index in [9.17, 15) is 28.3 Å². The number of alkyl halides is 1. The van der Waals surface area contributed by atoms with E-state index in [1.165, 1.54) is 17.0 Å². The van der Waals surface area contributed by atoms with Gasteiger partial charge in [0.25, 0.3) is 5.91 Å². The summed E-state index contributed by atoms with van der Waals surface area (Å²) in [5.41, 5.74) is -2.28.